The van der Waals surface area contributed by atoms with Crippen molar-refractivity contribution in [3.05, 3.63) is 320 Å². The molecule has 0 bridgehead atoms. The van der Waals surface area contributed by atoms with Gasteiger partial charge in [0.1, 0.15) is 23.5 Å². The van der Waals surface area contributed by atoms with Gasteiger partial charge in [-0.2, -0.15) is 5.26 Å². The molecule has 5 amide bonds. The topological polar surface area (TPSA) is 441 Å². The van der Waals surface area contributed by atoms with Gasteiger partial charge in [0, 0.05) is 161 Å². The van der Waals surface area contributed by atoms with Crippen molar-refractivity contribution in [3.8, 4) is 6.07 Å². The van der Waals surface area contributed by atoms with Gasteiger partial charge in [0.25, 0.3) is 36.0 Å². The minimum absolute atomic E-state index is 0. The molecule has 0 atom stereocenters. The Morgan fingerprint density at radius 1 is 0.407 bits per heavy atom. The monoisotopic (exact) mass is 1550 g/mol. The van der Waals surface area contributed by atoms with E-state index >= 15 is 0 Å². The van der Waals surface area contributed by atoms with Crippen LogP contribution in [0.1, 0.15) is 126 Å². The van der Waals surface area contributed by atoms with Crippen LogP contribution in [0.25, 0.3) is 65.0 Å². The number of pyridine rings is 9. The van der Waals surface area contributed by atoms with Crippen molar-refractivity contribution in [2.45, 2.75) is 59.7 Å². The van der Waals surface area contributed by atoms with Crippen molar-refractivity contribution in [2.24, 2.45) is 11.5 Å². The van der Waals surface area contributed by atoms with Gasteiger partial charge in [0.05, 0.1) is 33.2 Å². The van der Waals surface area contributed by atoms with Crippen LogP contribution in [-0.2, 0) is 48.6 Å². The number of primary amides is 2. The fourth-order valence-corrected chi connectivity index (χ4v) is 12.7. The van der Waals surface area contributed by atoms with Crippen molar-refractivity contribution in [1.82, 2.24) is 60.8 Å². The molecule has 28 heteroatoms. The van der Waals surface area contributed by atoms with Gasteiger partial charge in [0.2, 0.25) is 0 Å². The minimum Gasteiger partial charge on any atom is -1.00 e. The van der Waals surface area contributed by atoms with Crippen LogP contribution < -0.4 is 153 Å². The van der Waals surface area contributed by atoms with Crippen LogP contribution in [0, 0.1) is 32.1 Å². The molecule has 13 N–H and O–H groups in total. The molecule has 0 fully saturated rings. The van der Waals surface area contributed by atoms with E-state index in [4.69, 9.17) is 38.7 Å². The zero-order chi connectivity index (χ0) is 78.2. The maximum Gasteiger partial charge on any atom is 1.00 e. The van der Waals surface area contributed by atoms with Gasteiger partial charge in [-0.25, -0.2) is 15.0 Å². The number of carbonyl (C=O) groups is 6. The van der Waals surface area contributed by atoms with E-state index < -0.39 is 11.8 Å². The summed E-state index contributed by atoms with van der Waals surface area (Å²) in [6.45, 7) is 6.80. The minimum atomic E-state index is -0.535. The van der Waals surface area contributed by atoms with Gasteiger partial charge in [-0.3, -0.25) is 58.7 Å². The molecule has 9 heterocycles. The summed E-state index contributed by atoms with van der Waals surface area (Å²) < 4.78 is 0. The zero-order valence-corrected chi connectivity index (χ0v) is 68.5. The molecular formula is C85H72K2N18O8. The smallest absolute Gasteiger partial charge is 1.00 e. The van der Waals surface area contributed by atoms with Crippen LogP contribution in [0.2, 0.25) is 0 Å². The Morgan fingerprint density at radius 2 is 0.708 bits per heavy atom. The Balaban J connectivity index is 0.000000189. The predicted octanol–water partition coefficient (Wildman–Crippen LogP) is 4.39. The first-order valence-corrected chi connectivity index (χ1v) is 34.6. The summed E-state index contributed by atoms with van der Waals surface area (Å²) in [6.07, 6.45) is 16.4. The third-order valence-electron chi connectivity index (χ3n) is 18.0. The summed E-state index contributed by atoms with van der Waals surface area (Å²) in [5.74, 6) is -0.213. The van der Waals surface area contributed by atoms with Gasteiger partial charge < -0.3 is 56.2 Å². The van der Waals surface area contributed by atoms with Crippen molar-refractivity contribution in [2.75, 3.05) is 17.2 Å². The molecule has 15 aromatic rings. The molecule has 0 spiro atoms. The Morgan fingerprint density at radius 3 is 1.03 bits per heavy atom. The second kappa shape index (κ2) is 38.9. The van der Waals surface area contributed by atoms with Crippen molar-refractivity contribution < 1.29 is 143 Å². The molecule has 0 saturated heterocycles. The number of nitriles is 1. The number of nitrogens with two attached hydrogens (primary N) is 5. The van der Waals surface area contributed by atoms with E-state index in [9.17, 15) is 29.2 Å². The molecule has 0 aliphatic heterocycles. The van der Waals surface area contributed by atoms with Gasteiger partial charge in [-0.05, 0) is 214 Å². The molecule has 0 saturated carbocycles. The van der Waals surface area contributed by atoms with Crippen molar-refractivity contribution >= 4 is 118 Å². The van der Waals surface area contributed by atoms with Gasteiger partial charge in [0.15, 0.2) is 0 Å². The molecule has 552 valence electrons. The zero-order valence-electron chi connectivity index (χ0n) is 63.2. The van der Waals surface area contributed by atoms with E-state index in [1.54, 1.807) is 104 Å². The number of fused-ring (bicyclic) bond motifs is 6. The second-order valence-electron chi connectivity index (χ2n) is 26.2. The largest absolute Gasteiger partial charge is 1.00 e. The van der Waals surface area contributed by atoms with Gasteiger partial charge in [-0.15, -0.1) is 0 Å². The van der Waals surface area contributed by atoms with E-state index in [0.717, 1.165) is 104 Å². The van der Waals surface area contributed by atoms with E-state index in [1.165, 1.54) is 0 Å². The number of nitrogens with one attached hydrogen (secondary N) is 3. The van der Waals surface area contributed by atoms with Crippen LogP contribution in [0.4, 0.5) is 17.5 Å². The number of anilines is 3. The number of aryl methyl sites for hydroxylation is 3. The maximum absolute atomic E-state index is 12.9. The number of hydrogen-bond donors (Lipinski definition) is 8. The molecular weight excluding hydrogens is 1480 g/mol. The molecule has 15 rings (SSSR count). The van der Waals surface area contributed by atoms with Gasteiger partial charge in [-0.1, -0.05) is 36.4 Å². The number of aromatic nitrogens is 9. The molecule has 0 aliphatic carbocycles. The average Bonchev–Trinajstić information content (AvgIpc) is 0.804. The van der Waals surface area contributed by atoms with E-state index in [2.05, 4.69) is 71.8 Å². The predicted molar refractivity (Wildman–Crippen MR) is 423 cm³/mol. The number of nitrogen functional groups attached to an aromatic ring is 3. The SMILES string of the molecule is Cc1cnc2c(C#N)cc(Cc3cc(C(=O)NCc4ccc5c(N)nccc5c4)ccn3)cc2c1.Cc1cnc2c(C(N)=O)cc(Cc3cc(C(=O)NCc4ccc5c(N)nccc5c4)ccn3)cc2c1.Cc1cnc2c(C(N)=O)cc(Cc3cc(C(=O)NCc4ccc5c(N)nccc5c4)ccn3)cc2c1.O=CO[O-].[H-].[K+].[K+]. The number of rotatable bonds is 18. The fourth-order valence-electron chi connectivity index (χ4n) is 12.7. The molecule has 9 aromatic heterocycles. The van der Waals surface area contributed by atoms with Crippen LogP contribution >= 0.6 is 0 Å². The Kier molecular flexibility index (Phi) is 28.8. The summed E-state index contributed by atoms with van der Waals surface area (Å²) in [5.41, 5.74) is 44.3. The summed E-state index contributed by atoms with van der Waals surface area (Å²) in [5, 5.41) is 35.0. The Labute approximate surface area is 734 Å². The third kappa shape index (κ3) is 21.4. The van der Waals surface area contributed by atoms with E-state index in [-0.39, 0.29) is 128 Å². The standard InChI is InChI=1S/2C28H24N6O2.C28H22N6O.CH2O3.2K.H/c2*1-16-8-21-10-18(12-24(27(30)35)25(21)33-14-16)11-22-13-20(5-6-31-22)28(36)34-15-17-2-3-23-19(9-17)4-7-32-26(23)29;1-17-8-22-10-19(11-23(14-29)26(22)33-15-17)12-24-13-21(5-6-31-24)28(35)34-16-18-2-3-25-20(9-18)4-7-32-27(25)30;2-1-4-3;;;/h2*2-10,12-14H,11,15H2,1H3,(H2,29,32)(H2,30,35)(H,34,36);2-11,13,15H,12,16H2,1H3,(H2,30,32)(H,34,35);1,3H;;;/q;;;;2*+1;-1/p-1. The number of amides is 5. The summed E-state index contributed by atoms with van der Waals surface area (Å²) in [6, 6.07) is 52.9. The van der Waals surface area contributed by atoms with E-state index in [1.807, 2.05) is 136 Å². The number of carbonyl (C=O) groups excluding carboxylic acids is 6. The number of benzene rings is 6. The average molecular weight is 1550 g/mol. The van der Waals surface area contributed by atoms with E-state index in [0.29, 0.717) is 118 Å². The van der Waals surface area contributed by atoms with Crippen LogP contribution in [0.3, 0.4) is 0 Å². The van der Waals surface area contributed by atoms with Gasteiger partial charge >= 0.3 is 103 Å². The molecule has 0 aliphatic rings. The number of hydrogen-bond acceptors (Lipinski definition) is 21. The first kappa shape index (κ1) is 83.6. The Bertz CT molecular complexity index is 5970. The summed E-state index contributed by atoms with van der Waals surface area (Å²) in [7, 11) is 0. The Hall–Kier alpha value is -11.8. The fraction of sp³-hybridized carbons (Fsp3) is 0.106. The van der Waals surface area contributed by atoms with Crippen molar-refractivity contribution in [3.63, 3.8) is 0 Å². The maximum atomic E-state index is 12.9. The van der Waals surface area contributed by atoms with Crippen molar-refractivity contribution in [1.29, 1.82) is 5.26 Å². The normalized spacial score (nSPS) is 10.6. The molecule has 26 nitrogen and oxygen atoms in total. The molecule has 6 aromatic carbocycles. The quantitative estimate of drug-likeness (QED) is 0.0255. The number of nitrogens with zero attached hydrogens (tertiary/aromatic N) is 10. The first-order valence-electron chi connectivity index (χ1n) is 34.6. The van der Waals surface area contributed by atoms with Crippen LogP contribution in [0.5, 0.6) is 0 Å². The first-order chi connectivity index (χ1) is 53.6. The molecule has 0 unspecified atom stereocenters. The third-order valence-corrected chi connectivity index (χ3v) is 18.0. The molecule has 113 heavy (non-hydrogen) atoms. The summed E-state index contributed by atoms with van der Waals surface area (Å²) >= 11 is 0. The van der Waals surface area contributed by atoms with Crippen LogP contribution in [0.15, 0.2) is 220 Å². The molecule has 0 radical (unpaired) electrons. The summed E-state index contributed by atoms with van der Waals surface area (Å²) in [4.78, 5) is 113. The van der Waals surface area contributed by atoms with Crippen LogP contribution in [-0.4, -0.2) is 80.9 Å². The second-order valence-corrected chi connectivity index (χ2v) is 26.2.